The normalized spacial score (nSPS) is 14.6. The van der Waals surface area contributed by atoms with Gasteiger partial charge in [0.1, 0.15) is 6.04 Å². The average molecular weight is 409 g/mol. The maximum atomic E-state index is 12.6. The van der Waals surface area contributed by atoms with Crippen molar-refractivity contribution in [3.05, 3.63) is 54.6 Å². The molecule has 1 aliphatic heterocycles. The number of urea groups is 1. The molecule has 1 saturated heterocycles. The second-order valence-corrected chi connectivity index (χ2v) is 7.23. The van der Waals surface area contributed by atoms with Crippen LogP contribution < -0.4 is 20.9 Å². The zero-order chi connectivity index (χ0) is 21.5. The fourth-order valence-corrected chi connectivity index (χ4v) is 3.28. The molecule has 1 heterocycles. The van der Waals surface area contributed by atoms with Gasteiger partial charge in [-0.2, -0.15) is 0 Å². The highest BCUT2D eigenvalue weighted by molar-refractivity contribution is 5.97. The molecular weight excluding hydrogens is 382 g/mol. The molecule has 0 aromatic heterocycles. The fraction of sp³-hybridized carbons (Fsp3) is 0.318. The van der Waals surface area contributed by atoms with E-state index >= 15 is 0 Å². The summed E-state index contributed by atoms with van der Waals surface area (Å²) in [6.07, 6.45) is 0. The smallest absolute Gasteiger partial charge is 0.318 e. The molecule has 3 rings (SSSR count). The van der Waals surface area contributed by atoms with Gasteiger partial charge in [-0.15, -0.1) is 0 Å². The lowest BCUT2D eigenvalue weighted by molar-refractivity contribution is -0.117. The number of nitrogens with one attached hydrogen (secondary N) is 3. The molecular formula is C22H27N5O3. The molecule has 0 aliphatic carbocycles. The first-order chi connectivity index (χ1) is 14.4. The van der Waals surface area contributed by atoms with E-state index in [0.29, 0.717) is 24.5 Å². The Morgan fingerprint density at radius 2 is 1.50 bits per heavy atom. The number of anilines is 3. The van der Waals surface area contributed by atoms with Crippen LogP contribution in [0.15, 0.2) is 54.6 Å². The molecule has 30 heavy (non-hydrogen) atoms. The van der Waals surface area contributed by atoms with Crippen LogP contribution in [0, 0.1) is 0 Å². The summed E-state index contributed by atoms with van der Waals surface area (Å²) in [7, 11) is 0. The average Bonchev–Trinajstić information content (AvgIpc) is 2.74. The number of carbonyl (C=O) groups is 3. The number of benzene rings is 2. The van der Waals surface area contributed by atoms with Gasteiger partial charge in [-0.1, -0.05) is 24.3 Å². The van der Waals surface area contributed by atoms with Crippen LogP contribution in [0.4, 0.5) is 21.9 Å². The van der Waals surface area contributed by atoms with Crippen molar-refractivity contribution in [1.29, 1.82) is 0 Å². The number of hydrogen-bond acceptors (Lipinski definition) is 4. The minimum absolute atomic E-state index is 0.188. The monoisotopic (exact) mass is 409 g/mol. The van der Waals surface area contributed by atoms with Crippen molar-refractivity contribution in [3.63, 3.8) is 0 Å². The number of para-hydroxylation sites is 1. The van der Waals surface area contributed by atoms with E-state index in [2.05, 4.69) is 33.0 Å². The molecule has 4 amide bonds. The molecule has 1 unspecified atom stereocenters. The standard InChI is InChI=1S/C22H27N5O3/c1-16(21(29)25-19-8-6-7-18(15-19)24-17(2)28)23-22(30)27-13-11-26(12-14-27)20-9-4-3-5-10-20/h3-10,15-16H,11-14H2,1-2H3,(H,23,30)(H,24,28)(H,25,29). The van der Waals surface area contributed by atoms with E-state index in [-0.39, 0.29) is 17.8 Å². The van der Waals surface area contributed by atoms with Crippen molar-refractivity contribution in [1.82, 2.24) is 10.2 Å². The Bertz CT molecular complexity index is 895. The van der Waals surface area contributed by atoms with E-state index in [9.17, 15) is 14.4 Å². The van der Waals surface area contributed by atoms with Gasteiger partial charge < -0.3 is 25.8 Å². The van der Waals surface area contributed by atoms with Gasteiger partial charge in [-0.3, -0.25) is 9.59 Å². The van der Waals surface area contributed by atoms with Crippen molar-refractivity contribution < 1.29 is 14.4 Å². The molecule has 1 aliphatic rings. The maximum Gasteiger partial charge on any atom is 0.318 e. The second-order valence-electron chi connectivity index (χ2n) is 7.23. The molecule has 0 spiro atoms. The lowest BCUT2D eigenvalue weighted by Crippen LogP contribution is -2.54. The molecule has 1 atom stereocenters. The summed E-state index contributed by atoms with van der Waals surface area (Å²) < 4.78 is 0. The van der Waals surface area contributed by atoms with E-state index in [4.69, 9.17) is 0 Å². The Kier molecular flexibility index (Phi) is 6.90. The fourth-order valence-electron chi connectivity index (χ4n) is 3.28. The quantitative estimate of drug-likeness (QED) is 0.707. The molecule has 0 bridgehead atoms. The molecule has 0 saturated carbocycles. The van der Waals surface area contributed by atoms with E-state index < -0.39 is 6.04 Å². The van der Waals surface area contributed by atoms with Crippen LogP contribution in [-0.2, 0) is 9.59 Å². The lowest BCUT2D eigenvalue weighted by atomic mass is 10.2. The Labute approximate surface area is 176 Å². The highest BCUT2D eigenvalue weighted by atomic mass is 16.2. The molecule has 0 radical (unpaired) electrons. The molecule has 2 aromatic carbocycles. The zero-order valence-electron chi connectivity index (χ0n) is 17.2. The molecule has 158 valence electrons. The number of amides is 4. The first-order valence-electron chi connectivity index (χ1n) is 9.96. The topological polar surface area (TPSA) is 93.8 Å². The van der Waals surface area contributed by atoms with Gasteiger partial charge >= 0.3 is 6.03 Å². The van der Waals surface area contributed by atoms with Crippen LogP contribution in [0.5, 0.6) is 0 Å². The Morgan fingerprint density at radius 3 is 2.13 bits per heavy atom. The van der Waals surface area contributed by atoms with Gasteiger partial charge in [-0.05, 0) is 37.3 Å². The van der Waals surface area contributed by atoms with Crippen LogP contribution in [0.3, 0.4) is 0 Å². The minimum atomic E-state index is -0.700. The molecule has 2 aromatic rings. The lowest BCUT2D eigenvalue weighted by Gasteiger charge is -2.36. The number of hydrogen-bond donors (Lipinski definition) is 3. The summed E-state index contributed by atoms with van der Waals surface area (Å²) in [5.74, 6) is -0.516. The third kappa shape index (κ3) is 5.73. The summed E-state index contributed by atoms with van der Waals surface area (Å²) in [4.78, 5) is 40.1. The minimum Gasteiger partial charge on any atom is -0.368 e. The molecule has 1 fully saturated rings. The Balaban J connectivity index is 1.48. The van der Waals surface area contributed by atoms with Crippen molar-refractivity contribution in [2.45, 2.75) is 19.9 Å². The molecule has 8 nitrogen and oxygen atoms in total. The SMILES string of the molecule is CC(=O)Nc1cccc(NC(=O)C(C)NC(=O)N2CCN(c3ccccc3)CC2)c1. The zero-order valence-corrected chi connectivity index (χ0v) is 17.2. The van der Waals surface area contributed by atoms with Gasteiger partial charge in [-0.25, -0.2) is 4.79 Å². The first kappa shape index (κ1) is 21.2. The summed E-state index contributed by atoms with van der Waals surface area (Å²) in [6.45, 7) is 5.73. The summed E-state index contributed by atoms with van der Waals surface area (Å²) in [6, 6.07) is 16.0. The van der Waals surface area contributed by atoms with Crippen molar-refractivity contribution in [3.8, 4) is 0 Å². The predicted molar refractivity (Wildman–Crippen MR) is 118 cm³/mol. The predicted octanol–water partition coefficient (Wildman–Crippen LogP) is 2.50. The van der Waals surface area contributed by atoms with Gasteiger partial charge in [0.2, 0.25) is 11.8 Å². The van der Waals surface area contributed by atoms with Crippen molar-refractivity contribution in [2.75, 3.05) is 41.7 Å². The second kappa shape index (κ2) is 9.78. The number of carbonyl (C=O) groups excluding carboxylic acids is 3. The largest absolute Gasteiger partial charge is 0.368 e. The van der Waals surface area contributed by atoms with Gasteiger partial charge in [0.25, 0.3) is 0 Å². The van der Waals surface area contributed by atoms with Gasteiger partial charge in [0.15, 0.2) is 0 Å². The number of piperazine rings is 1. The highest BCUT2D eigenvalue weighted by Gasteiger charge is 2.24. The van der Waals surface area contributed by atoms with Crippen LogP contribution in [0.25, 0.3) is 0 Å². The number of nitrogens with zero attached hydrogens (tertiary/aromatic N) is 2. The number of rotatable bonds is 5. The first-order valence-corrected chi connectivity index (χ1v) is 9.96. The van der Waals surface area contributed by atoms with Gasteiger partial charge in [0.05, 0.1) is 0 Å². The summed E-state index contributed by atoms with van der Waals surface area (Å²) in [5.41, 5.74) is 2.28. The van der Waals surface area contributed by atoms with E-state index in [1.807, 2.05) is 18.2 Å². The van der Waals surface area contributed by atoms with Crippen LogP contribution in [-0.4, -0.2) is 55.0 Å². The van der Waals surface area contributed by atoms with Crippen LogP contribution >= 0.6 is 0 Å². The Hall–Kier alpha value is -3.55. The van der Waals surface area contributed by atoms with E-state index in [0.717, 1.165) is 18.8 Å². The Morgan fingerprint density at radius 1 is 0.867 bits per heavy atom. The molecule has 3 N–H and O–H groups in total. The summed E-state index contributed by atoms with van der Waals surface area (Å²) in [5, 5.41) is 8.19. The summed E-state index contributed by atoms with van der Waals surface area (Å²) >= 11 is 0. The third-order valence-electron chi connectivity index (χ3n) is 4.87. The van der Waals surface area contributed by atoms with E-state index in [1.54, 1.807) is 36.1 Å². The van der Waals surface area contributed by atoms with Crippen molar-refractivity contribution in [2.24, 2.45) is 0 Å². The maximum absolute atomic E-state index is 12.6. The van der Waals surface area contributed by atoms with Crippen LogP contribution in [0.1, 0.15) is 13.8 Å². The van der Waals surface area contributed by atoms with Crippen molar-refractivity contribution >= 4 is 34.9 Å². The van der Waals surface area contributed by atoms with Gasteiger partial charge in [0, 0.05) is 50.2 Å². The third-order valence-corrected chi connectivity index (χ3v) is 4.87. The highest BCUT2D eigenvalue weighted by Crippen LogP contribution is 2.16. The van der Waals surface area contributed by atoms with E-state index in [1.165, 1.54) is 6.92 Å². The molecule has 8 heteroatoms. The van der Waals surface area contributed by atoms with Crippen LogP contribution in [0.2, 0.25) is 0 Å².